The summed E-state index contributed by atoms with van der Waals surface area (Å²) >= 11 is 3.40. The minimum absolute atomic E-state index is 0.0524. The quantitative estimate of drug-likeness (QED) is 0.671. The minimum atomic E-state index is -3.44. The fraction of sp³-hybridized carbons (Fsp3) is 0.500. The van der Waals surface area contributed by atoms with Crippen molar-refractivity contribution in [3.63, 3.8) is 0 Å². The number of hydrogen-bond donors (Lipinski definition) is 1. The molecule has 2 aromatic rings. The second-order valence-corrected chi connectivity index (χ2v) is 9.78. The first-order valence-electron chi connectivity index (χ1n) is 9.33. The molecule has 3 rings (SSSR count). The lowest BCUT2D eigenvalue weighted by Gasteiger charge is -2.33. The number of piperidine rings is 1. The third-order valence-electron chi connectivity index (χ3n) is 4.61. The Morgan fingerprint density at radius 1 is 1.29 bits per heavy atom. The summed E-state index contributed by atoms with van der Waals surface area (Å²) in [6.07, 6.45) is 4.17. The van der Waals surface area contributed by atoms with Crippen molar-refractivity contribution in [2.75, 3.05) is 17.6 Å². The summed E-state index contributed by atoms with van der Waals surface area (Å²) in [6, 6.07) is 7.14. The van der Waals surface area contributed by atoms with Gasteiger partial charge in [-0.1, -0.05) is 41.4 Å². The zero-order chi connectivity index (χ0) is 20.1. The fourth-order valence-electron chi connectivity index (χ4n) is 3.27. The third kappa shape index (κ3) is 5.18. The number of anilines is 1. The number of nitrogens with zero attached hydrogens (tertiary/aromatic N) is 4. The van der Waals surface area contributed by atoms with Crippen LogP contribution in [0.3, 0.4) is 0 Å². The van der Waals surface area contributed by atoms with Gasteiger partial charge in [-0.15, -0.1) is 5.10 Å². The van der Waals surface area contributed by atoms with Crippen LogP contribution in [-0.2, 0) is 21.4 Å². The Kier molecular flexibility index (Phi) is 6.84. The van der Waals surface area contributed by atoms with Crippen molar-refractivity contribution in [1.82, 2.24) is 19.1 Å². The van der Waals surface area contributed by atoms with Gasteiger partial charge in [-0.3, -0.25) is 10.1 Å². The Bertz CT molecular complexity index is 914. The molecule has 0 spiro atoms. The van der Waals surface area contributed by atoms with E-state index in [4.69, 9.17) is 0 Å². The molecule has 10 heteroatoms. The van der Waals surface area contributed by atoms with Gasteiger partial charge in [0.1, 0.15) is 12.4 Å². The number of aromatic nitrogens is 3. The van der Waals surface area contributed by atoms with Gasteiger partial charge in [-0.05, 0) is 37.0 Å². The molecule has 1 unspecified atom stereocenters. The van der Waals surface area contributed by atoms with E-state index in [0.29, 0.717) is 25.9 Å². The van der Waals surface area contributed by atoms with Crippen LogP contribution in [0, 0.1) is 0 Å². The van der Waals surface area contributed by atoms with Crippen molar-refractivity contribution in [1.29, 1.82) is 0 Å². The van der Waals surface area contributed by atoms with Gasteiger partial charge in [0.2, 0.25) is 21.9 Å². The summed E-state index contributed by atoms with van der Waals surface area (Å²) in [4.78, 5) is 16.9. The number of rotatable bonds is 7. The third-order valence-corrected chi connectivity index (χ3v) is 7.21. The van der Waals surface area contributed by atoms with Crippen LogP contribution in [0.1, 0.15) is 38.2 Å². The van der Waals surface area contributed by atoms with E-state index in [2.05, 4.69) is 31.3 Å². The Labute approximate surface area is 173 Å². The second-order valence-electron chi connectivity index (χ2n) is 6.82. The molecule has 1 aromatic carbocycles. The summed E-state index contributed by atoms with van der Waals surface area (Å²) in [7, 11) is -3.44. The van der Waals surface area contributed by atoms with Gasteiger partial charge in [0.05, 0.1) is 12.3 Å². The van der Waals surface area contributed by atoms with Crippen LogP contribution in [0.2, 0.25) is 0 Å². The summed E-state index contributed by atoms with van der Waals surface area (Å²) in [6.45, 7) is 2.72. The standard InChI is InChI=1S/C18H24BrN5O3S/c1-2-11-28(26,27)24-10-4-3-5-16(24)17(25)21-18-20-13-23(22-18)12-14-6-8-15(19)9-7-14/h6-9,13,16H,2-5,10-12H2,1H3,(H,21,22,25). The van der Waals surface area contributed by atoms with E-state index in [1.165, 1.54) is 4.31 Å². The number of benzene rings is 1. The molecule has 1 atom stereocenters. The number of amides is 1. The van der Waals surface area contributed by atoms with Crippen molar-refractivity contribution in [3.8, 4) is 0 Å². The fourth-order valence-corrected chi connectivity index (χ4v) is 5.28. The predicted octanol–water partition coefficient (Wildman–Crippen LogP) is 2.62. The highest BCUT2D eigenvalue weighted by molar-refractivity contribution is 9.10. The molecule has 0 radical (unpaired) electrons. The maximum Gasteiger partial charge on any atom is 0.248 e. The highest BCUT2D eigenvalue weighted by atomic mass is 79.9. The lowest BCUT2D eigenvalue weighted by Crippen LogP contribution is -2.50. The Morgan fingerprint density at radius 3 is 2.75 bits per heavy atom. The molecule has 1 saturated heterocycles. The van der Waals surface area contributed by atoms with E-state index in [1.807, 2.05) is 31.2 Å². The molecule has 0 saturated carbocycles. The molecule has 28 heavy (non-hydrogen) atoms. The van der Waals surface area contributed by atoms with Gasteiger partial charge in [-0.25, -0.2) is 18.1 Å². The van der Waals surface area contributed by atoms with Crippen LogP contribution >= 0.6 is 15.9 Å². The summed E-state index contributed by atoms with van der Waals surface area (Å²) in [5.41, 5.74) is 1.05. The number of carbonyl (C=O) groups excluding carboxylic acids is 1. The first-order chi connectivity index (χ1) is 13.4. The van der Waals surface area contributed by atoms with Gasteiger partial charge in [0, 0.05) is 11.0 Å². The summed E-state index contributed by atoms with van der Waals surface area (Å²) in [5.74, 6) is -0.141. The highest BCUT2D eigenvalue weighted by Gasteiger charge is 2.36. The van der Waals surface area contributed by atoms with E-state index in [-0.39, 0.29) is 17.6 Å². The van der Waals surface area contributed by atoms with Gasteiger partial charge in [0.25, 0.3) is 0 Å². The minimum Gasteiger partial charge on any atom is -0.292 e. The van der Waals surface area contributed by atoms with Crippen molar-refractivity contribution in [3.05, 3.63) is 40.6 Å². The molecule has 8 nitrogen and oxygen atoms in total. The van der Waals surface area contributed by atoms with Crippen LogP contribution in [0.15, 0.2) is 35.1 Å². The van der Waals surface area contributed by atoms with E-state index in [9.17, 15) is 13.2 Å². The first-order valence-corrected chi connectivity index (χ1v) is 11.7. The number of halogens is 1. The van der Waals surface area contributed by atoms with Crippen molar-refractivity contribution < 1.29 is 13.2 Å². The lowest BCUT2D eigenvalue weighted by atomic mass is 10.0. The van der Waals surface area contributed by atoms with E-state index in [1.54, 1.807) is 11.0 Å². The number of hydrogen-bond acceptors (Lipinski definition) is 5. The molecular formula is C18H24BrN5O3S. The predicted molar refractivity (Wildman–Crippen MR) is 110 cm³/mol. The number of sulfonamides is 1. The zero-order valence-electron chi connectivity index (χ0n) is 15.7. The molecule has 1 aliphatic heterocycles. The molecule has 1 N–H and O–H groups in total. The van der Waals surface area contributed by atoms with Crippen LogP contribution in [-0.4, -0.2) is 51.7 Å². The summed E-state index contributed by atoms with van der Waals surface area (Å²) in [5, 5.41) is 6.96. The van der Waals surface area contributed by atoms with Gasteiger partial charge >= 0.3 is 0 Å². The van der Waals surface area contributed by atoms with Crippen LogP contribution < -0.4 is 5.32 Å². The molecule has 1 aliphatic rings. The smallest absolute Gasteiger partial charge is 0.248 e. The molecule has 0 aliphatic carbocycles. The zero-order valence-corrected chi connectivity index (χ0v) is 18.1. The van der Waals surface area contributed by atoms with Gasteiger partial charge in [0.15, 0.2) is 0 Å². The van der Waals surface area contributed by atoms with Crippen molar-refractivity contribution >= 4 is 37.8 Å². The number of carbonyl (C=O) groups is 1. The van der Waals surface area contributed by atoms with Crippen LogP contribution in [0.4, 0.5) is 5.95 Å². The molecule has 1 fully saturated rings. The van der Waals surface area contributed by atoms with E-state index in [0.717, 1.165) is 22.9 Å². The largest absolute Gasteiger partial charge is 0.292 e. The Balaban J connectivity index is 1.66. The first kappa shape index (κ1) is 20.9. The maximum atomic E-state index is 12.7. The molecule has 0 bridgehead atoms. The van der Waals surface area contributed by atoms with E-state index >= 15 is 0 Å². The molecular weight excluding hydrogens is 446 g/mol. The van der Waals surface area contributed by atoms with Crippen LogP contribution in [0.25, 0.3) is 0 Å². The second kappa shape index (κ2) is 9.15. The monoisotopic (exact) mass is 469 g/mol. The lowest BCUT2D eigenvalue weighted by molar-refractivity contribution is -0.120. The molecule has 1 amide bonds. The van der Waals surface area contributed by atoms with Gasteiger partial charge in [-0.2, -0.15) is 4.31 Å². The molecule has 2 heterocycles. The van der Waals surface area contributed by atoms with Crippen molar-refractivity contribution in [2.24, 2.45) is 0 Å². The highest BCUT2D eigenvalue weighted by Crippen LogP contribution is 2.22. The molecule has 1 aromatic heterocycles. The van der Waals surface area contributed by atoms with Gasteiger partial charge < -0.3 is 0 Å². The average Bonchev–Trinajstić information content (AvgIpc) is 3.10. The normalized spacial score (nSPS) is 18.1. The van der Waals surface area contributed by atoms with E-state index < -0.39 is 16.1 Å². The Morgan fingerprint density at radius 2 is 2.04 bits per heavy atom. The SMILES string of the molecule is CCCS(=O)(=O)N1CCCCC1C(=O)Nc1ncn(Cc2ccc(Br)cc2)n1. The molecule has 152 valence electrons. The number of nitrogens with one attached hydrogen (secondary N) is 1. The Hall–Kier alpha value is -1.78. The summed E-state index contributed by atoms with van der Waals surface area (Å²) < 4.78 is 29.0. The van der Waals surface area contributed by atoms with Crippen LogP contribution in [0.5, 0.6) is 0 Å². The maximum absolute atomic E-state index is 12.7. The van der Waals surface area contributed by atoms with Crippen molar-refractivity contribution in [2.45, 2.75) is 45.2 Å². The average molecular weight is 470 g/mol. The topological polar surface area (TPSA) is 97.2 Å².